The van der Waals surface area contributed by atoms with Crippen molar-refractivity contribution in [2.45, 2.75) is 0 Å². The van der Waals surface area contributed by atoms with Gasteiger partial charge in [0, 0.05) is 0 Å². The zero-order valence-electron chi connectivity index (χ0n) is 9.05. The highest BCUT2D eigenvalue weighted by Crippen LogP contribution is 2.09. The molecule has 5 nitrogen and oxygen atoms in total. The first kappa shape index (κ1) is 10.9. The SMILES string of the molecule is NC(=O)c1ccc(NNc2ccccc2)cn1. The van der Waals surface area contributed by atoms with E-state index in [0.29, 0.717) is 0 Å². The lowest BCUT2D eigenvalue weighted by molar-refractivity contribution is 0.0995. The summed E-state index contributed by atoms with van der Waals surface area (Å²) >= 11 is 0. The quantitative estimate of drug-likeness (QED) is 0.695. The number of rotatable bonds is 4. The van der Waals surface area contributed by atoms with Crippen molar-refractivity contribution < 1.29 is 4.79 Å². The van der Waals surface area contributed by atoms with E-state index in [1.807, 2.05) is 30.3 Å². The number of primary amides is 1. The van der Waals surface area contributed by atoms with E-state index < -0.39 is 5.91 Å². The molecule has 0 fully saturated rings. The summed E-state index contributed by atoms with van der Waals surface area (Å²) in [6.07, 6.45) is 1.54. The van der Waals surface area contributed by atoms with Crippen molar-refractivity contribution in [3.05, 3.63) is 54.4 Å². The van der Waals surface area contributed by atoms with Crippen LogP contribution in [0.1, 0.15) is 10.5 Å². The molecule has 5 heteroatoms. The Hall–Kier alpha value is -2.56. The van der Waals surface area contributed by atoms with E-state index in [1.165, 1.54) is 6.20 Å². The monoisotopic (exact) mass is 228 g/mol. The summed E-state index contributed by atoms with van der Waals surface area (Å²) < 4.78 is 0. The Bertz CT molecular complexity index is 496. The first-order valence-corrected chi connectivity index (χ1v) is 5.08. The van der Waals surface area contributed by atoms with Crippen molar-refractivity contribution in [3.8, 4) is 0 Å². The standard InChI is InChI=1S/C12H12N4O/c13-12(17)11-7-6-10(8-14-11)16-15-9-4-2-1-3-5-9/h1-8,15-16H,(H2,13,17). The van der Waals surface area contributed by atoms with Crippen molar-refractivity contribution in [1.82, 2.24) is 4.98 Å². The number of para-hydroxylation sites is 1. The zero-order chi connectivity index (χ0) is 12.1. The van der Waals surface area contributed by atoms with Gasteiger partial charge >= 0.3 is 0 Å². The van der Waals surface area contributed by atoms with Crippen LogP contribution in [0, 0.1) is 0 Å². The van der Waals surface area contributed by atoms with Gasteiger partial charge in [0.15, 0.2) is 0 Å². The van der Waals surface area contributed by atoms with Crippen LogP contribution < -0.4 is 16.6 Å². The van der Waals surface area contributed by atoms with Crippen molar-refractivity contribution >= 4 is 17.3 Å². The third-order valence-electron chi connectivity index (χ3n) is 2.14. The summed E-state index contributed by atoms with van der Waals surface area (Å²) in [6, 6.07) is 12.9. The van der Waals surface area contributed by atoms with Crippen LogP contribution in [0.25, 0.3) is 0 Å². The number of carbonyl (C=O) groups excluding carboxylic acids is 1. The molecule has 0 saturated heterocycles. The molecule has 1 amide bonds. The average Bonchev–Trinajstić information content (AvgIpc) is 2.38. The van der Waals surface area contributed by atoms with Gasteiger partial charge in [0.1, 0.15) is 5.69 Å². The molecule has 17 heavy (non-hydrogen) atoms. The molecule has 2 aromatic rings. The molecule has 2 rings (SSSR count). The highest BCUT2D eigenvalue weighted by atomic mass is 16.1. The van der Waals surface area contributed by atoms with Gasteiger partial charge in [-0.1, -0.05) is 18.2 Å². The fourth-order valence-electron chi connectivity index (χ4n) is 1.28. The van der Waals surface area contributed by atoms with E-state index in [1.54, 1.807) is 12.1 Å². The smallest absolute Gasteiger partial charge is 0.267 e. The minimum absolute atomic E-state index is 0.246. The summed E-state index contributed by atoms with van der Waals surface area (Å²) in [4.78, 5) is 14.7. The molecule has 0 spiro atoms. The molecule has 0 saturated carbocycles. The topological polar surface area (TPSA) is 80.0 Å². The molecule has 0 radical (unpaired) electrons. The Balaban J connectivity index is 1.98. The molecular formula is C12H12N4O. The van der Waals surface area contributed by atoms with E-state index in [0.717, 1.165) is 11.4 Å². The summed E-state index contributed by atoms with van der Waals surface area (Å²) in [6.45, 7) is 0. The maximum atomic E-state index is 10.8. The van der Waals surface area contributed by atoms with Gasteiger partial charge in [-0.2, -0.15) is 0 Å². The number of hydrogen-bond donors (Lipinski definition) is 3. The molecule has 0 unspecified atom stereocenters. The van der Waals surface area contributed by atoms with Gasteiger partial charge in [0.2, 0.25) is 0 Å². The molecule has 0 aliphatic heterocycles. The number of carbonyl (C=O) groups is 1. The normalized spacial score (nSPS) is 9.65. The number of hydrazine groups is 1. The van der Waals surface area contributed by atoms with Crippen LogP contribution in [0.5, 0.6) is 0 Å². The number of hydrogen-bond acceptors (Lipinski definition) is 4. The number of aromatic nitrogens is 1. The molecule has 86 valence electrons. The molecule has 0 bridgehead atoms. The molecule has 1 heterocycles. The highest BCUT2D eigenvalue weighted by Gasteiger charge is 2.00. The fourth-order valence-corrected chi connectivity index (χ4v) is 1.28. The van der Waals surface area contributed by atoms with Crippen LogP contribution in [0.4, 0.5) is 11.4 Å². The first-order chi connectivity index (χ1) is 8.25. The average molecular weight is 228 g/mol. The molecule has 0 atom stereocenters. The van der Waals surface area contributed by atoms with Crippen molar-refractivity contribution in [2.24, 2.45) is 5.73 Å². The van der Waals surface area contributed by atoms with Gasteiger partial charge in [-0.15, -0.1) is 0 Å². The Morgan fingerprint density at radius 3 is 2.29 bits per heavy atom. The summed E-state index contributed by atoms with van der Waals surface area (Å²) in [5.41, 5.74) is 13.0. The van der Waals surface area contributed by atoms with E-state index >= 15 is 0 Å². The van der Waals surface area contributed by atoms with Gasteiger partial charge in [0.05, 0.1) is 17.6 Å². The van der Waals surface area contributed by atoms with Gasteiger partial charge in [-0.3, -0.25) is 10.2 Å². The van der Waals surface area contributed by atoms with Crippen molar-refractivity contribution in [2.75, 3.05) is 10.9 Å². The highest BCUT2D eigenvalue weighted by molar-refractivity contribution is 5.90. The van der Waals surface area contributed by atoms with Crippen LogP contribution in [0.15, 0.2) is 48.7 Å². The maximum absolute atomic E-state index is 10.8. The number of amides is 1. The predicted molar refractivity (Wildman–Crippen MR) is 66.4 cm³/mol. The lowest BCUT2D eigenvalue weighted by Gasteiger charge is -2.09. The third-order valence-corrected chi connectivity index (χ3v) is 2.14. The second kappa shape index (κ2) is 4.98. The van der Waals surface area contributed by atoms with E-state index in [9.17, 15) is 4.79 Å². The van der Waals surface area contributed by atoms with Crippen molar-refractivity contribution in [3.63, 3.8) is 0 Å². The number of nitrogens with two attached hydrogens (primary N) is 1. The van der Waals surface area contributed by atoms with Gasteiger partial charge in [0.25, 0.3) is 5.91 Å². The van der Waals surface area contributed by atoms with Crippen molar-refractivity contribution in [1.29, 1.82) is 0 Å². The minimum atomic E-state index is -0.535. The largest absolute Gasteiger partial charge is 0.364 e. The number of nitrogens with zero attached hydrogens (tertiary/aromatic N) is 1. The van der Waals surface area contributed by atoms with E-state index in [-0.39, 0.29) is 5.69 Å². The molecule has 4 N–H and O–H groups in total. The van der Waals surface area contributed by atoms with Gasteiger partial charge in [-0.05, 0) is 24.3 Å². The van der Waals surface area contributed by atoms with Crippen LogP contribution in [-0.4, -0.2) is 10.9 Å². The van der Waals surface area contributed by atoms with Gasteiger partial charge in [-0.25, -0.2) is 4.98 Å². The fraction of sp³-hybridized carbons (Fsp3) is 0. The first-order valence-electron chi connectivity index (χ1n) is 5.08. The van der Waals surface area contributed by atoms with Gasteiger partial charge < -0.3 is 11.2 Å². The lowest BCUT2D eigenvalue weighted by atomic mass is 10.3. The Kier molecular flexibility index (Phi) is 3.20. The Morgan fingerprint density at radius 1 is 1.00 bits per heavy atom. The minimum Gasteiger partial charge on any atom is -0.364 e. The second-order valence-corrected chi connectivity index (χ2v) is 3.41. The molecule has 0 aliphatic rings. The summed E-state index contributed by atoms with van der Waals surface area (Å²) in [7, 11) is 0. The number of pyridine rings is 1. The third kappa shape index (κ3) is 2.94. The number of nitrogens with one attached hydrogen (secondary N) is 2. The number of anilines is 2. The number of benzene rings is 1. The Morgan fingerprint density at radius 2 is 1.71 bits per heavy atom. The van der Waals surface area contributed by atoms with Crippen LogP contribution >= 0.6 is 0 Å². The summed E-state index contributed by atoms with van der Waals surface area (Å²) in [5.74, 6) is -0.535. The van der Waals surface area contributed by atoms with Crippen LogP contribution in [0.2, 0.25) is 0 Å². The van der Waals surface area contributed by atoms with Crippen LogP contribution in [-0.2, 0) is 0 Å². The molecule has 0 aliphatic carbocycles. The Labute approximate surface area is 98.6 Å². The molecular weight excluding hydrogens is 216 g/mol. The summed E-state index contributed by atoms with van der Waals surface area (Å²) in [5, 5.41) is 0. The lowest BCUT2D eigenvalue weighted by Crippen LogP contribution is -2.14. The molecule has 1 aromatic carbocycles. The van der Waals surface area contributed by atoms with E-state index in [4.69, 9.17) is 5.73 Å². The predicted octanol–water partition coefficient (Wildman–Crippen LogP) is 1.62. The maximum Gasteiger partial charge on any atom is 0.267 e. The zero-order valence-corrected chi connectivity index (χ0v) is 9.05. The molecule has 1 aromatic heterocycles. The van der Waals surface area contributed by atoms with Crippen LogP contribution in [0.3, 0.4) is 0 Å². The van der Waals surface area contributed by atoms with E-state index in [2.05, 4.69) is 15.8 Å². The second-order valence-electron chi connectivity index (χ2n) is 3.41.